The Balaban J connectivity index is 1.64. The Labute approximate surface area is 170 Å². The van der Waals surface area contributed by atoms with Crippen molar-refractivity contribution in [1.82, 2.24) is 9.62 Å². The largest absolute Gasteiger partial charge is 0.379 e. The number of sulfonamides is 1. The maximum Gasteiger partial charge on any atom is 0.252 e. The number of rotatable bonds is 7. The van der Waals surface area contributed by atoms with Crippen molar-refractivity contribution in [1.29, 1.82) is 0 Å². The van der Waals surface area contributed by atoms with Crippen LogP contribution < -0.4 is 5.32 Å². The van der Waals surface area contributed by atoms with Gasteiger partial charge in [-0.3, -0.25) is 4.79 Å². The zero-order valence-corrected chi connectivity index (χ0v) is 17.4. The van der Waals surface area contributed by atoms with E-state index in [9.17, 15) is 13.2 Å². The van der Waals surface area contributed by atoms with E-state index in [-0.39, 0.29) is 10.8 Å². The van der Waals surface area contributed by atoms with Gasteiger partial charge in [0.2, 0.25) is 10.0 Å². The van der Waals surface area contributed by atoms with Crippen LogP contribution in [0.4, 0.5) is 0 Å². The summed E-state index contributed by atoms with van der Waals surface area (Å²) in [4.78, 5) is 13.7. The quantitative estimate of drug-likeness (QED) is 0.697. The smallest absolute Gasteiger partial charge is 0.252 e. The van der Waals surface area contributed by atoms with Crippen LogP contribution in [0.5, 0.6) is 0 Å². The van der Waals surface area contributed by atoms with Crippen molar-refractivity contribution in [2.45, 2.75) is 23.3 Å². The standard InChI is InChI=1S/C20H24N2O4S2/c1-2-27-19-6-4-3-5-18(19)20(23)21-15-16-7-9-17(10-8-16)28(24,25)22-11-13-26-14-12-22/h3-10H,2,11-15H2,1H3,(H,21,23). The summed E-state index contributed by atoms with van der Waals surface area (Å²) in [5, 5.41) is 2.91. The van der Waals surface area contributed by atoms with E-state index in [1.54, 1.807) is 36.0 Å². The van der Waals surface area contributed by atoms with Crippen molar-refractivity contribution in [3.8, 4) is 0 Å². The number of nitrogens with zero attached hydrogens (tertiary/aromatic N) is 1. The molecule has 2 aromatic carbocycles. The Morgan fingerprint density at radius 2 is 1.79 bits per heavy atom. The van der Waals surface area contributed by atoms with Crippen molar-refractivity contribution in [2.75, 3.05) is 32.1 Å². The number of benzene rings is 2. The lowest BCUT2D eigenvalue weighted by atomic mass is 10.2. The lowest BCUT2D eigenvalue weighted by Gasteiger charge is -2.26. The molecule has 0 aromatic heterocycles. The average molecular weight is 421 g/mol. The van der Waals surface area contributed by atoms with Crippen LogP contribution in [-0.4, -0.2) is 50.7 Å². The topological polar surface area (TPSA) is 75.7 Å². The number of ether oxygens (including phenoxy) is 1. The number of carbonyl (C=O) groups excluding carboxylic acids is 1. The Morgan fingerprint density at radius 3 is 2.46 bits per heavy atom. The molecule has 2 aromatic rings. The average Bonchev–Trinajstić information content (AvgIpc) is 2.73. The SMILES string of the molecule is CCSc1ccccc1C(=O)NCc1ccc(S(=O)(=O)N2CCOCC2)cc1. The molecule has 1 saturated heterocycles. The van der Waals surface area contributed by atoms with E-state index in [1.807, 2.05) is 31.2 Å². The first-order chi connectivity index (χ1) is 13.5. The second-order valence-corrected chi connectivity index (χ2v) is 9.52. The minimum atomic E-state index is -3.50. The van der Waals surface area contributed by atoms with Crippen molar-refractivity contribution in [2.24, 2.45) is 0 Å². The van der Waals surface area contributed by atoms with E-state index in [1.165, 1.54) is 4.31 Å². The van der Waals surface area contributed by atoms with Gasteiger partial charge in [-0.2, -0.15) is 4.31 Å². The van der Waals surface area contributed by atoms with Crippen LogP contribution in [0.15, 0.2) is 58.3 Å². The molecule has 1 aliphatic heterocycles. The molecule has 150 valence electrons. The molecule has 0 spiro atoms. The molecule has 1 fully saturated rings. The summed E-state index contributed by atoms with van der Waals surface area (Å²) in [5.41, 5.74) is 1.50. The number of morpholine rings is 1. The maximum atomic E-state index is 12.6. The molecule has 1 N–H and O–H groups in total. The highest BCUT2D eigenvalue weighted by molar-refractivity contribution is 7.99. The van der Waals surface area contributed by atoms with Crippen molar-refractivity contribution >= 4 is 27.7 Å². The summed E-state index contributed by atoms with van der Waals surface area (Å²) >= 11 is 1.63. The summed E-state index contributed by atoms with van der Waals surface area (Å²) in [6.07, 6.45) is 0. The molecule has 0 atom stereocenters. The van der Waals surface area contributed by atoms with Gasteiger partial charge in [-0.15, -0.1) is 11.8 Å². The van der Waals surface area contributed by atoms with Crippen LogP contribution >= 0.6 is 11.8 Å². The second kappa shape index (κ2) is 9.56. The fourth-order valence-corrected chi connectivity index (χ4v) is 5.14. The Hall–Kier alpha value is -1.87. The summed E-state index contributed by atoms with van der Waals surface area (Å²) in [6.45, 7) is 3.96. The van der Waals surface area contributed by atoms with Gasteiger partial charge in [0.1, 0.15) is 0 Å². The predicted octanol–water partition coefficient (Wildman–Crippen LogP) is 2.75. The van der Waals surface area contributed by atoms with Crippen molar-refractivity contribution < 1.29 is 17.9 Å². The molecular weight excluding hydrogens is 396 g/mol. The first-order valence-corrected chi connectivity index (χ1v) is 11.6. The second-order valence-electron chi connectivity index (χ2n) is 6.27. The molecule has 1 amide bonds. The molecule has 8 heteroatoms. The minimum Gasteiger partial charge on any atom is -0.379 e. The molecule has 0 unspecified atom stereocenters. The van der Waals surface area contributed by atoms with Crippen LogP contribution in [0, 0.1) is 0 Å². The third-order valence-corrected chi connectivity index (χ3v) is 7.28. The first kappa shape index (κ1) is 20.9. The fraction of sp³-hybridized carbons (Fsp3) is 0.350. The van der Waals surface area contributed by atoms with Crippen LogP contribution in [0.2, 0.25) is 0 Å². The molecule has 0 radical (unpaired) electrons. The molecule has 1 heterocycles. The normalized spacial score (nSPS) is 15.3. The third-order valence-electron chi connectivity index (χ3n) is 4.42. The van der Waals surface area contributed by atoms with Crippen LogP contribution in [0.25, 0.3) is 0 Å². The number of hydrogen-bond donors (Lipinski definition) is 1. The lowest BCUT2D eigenvalue weighted by Crippen LogP contribution is -2.40. The highest BCUT2D eigenvalue weighted by Crippen LogP contribution is 2.22. The minimum absolute atomic E-state index is 0.137. The van der Waals surface area contributed by atoms with Gasteiger partial charge in [-0.25, -0.2) is 8.42 Å². The highest BCUT2D eigenvalue weighted by atomic mass is 32.2. The molecule has 0 saturated carbocycles. The highest BCUT2D eigenvalue weighted by Gasteiger charge is 2.26. The number of amides is 1. The zero-order valence-electron chi connectivity index (χ0n) is 15.8. The van der Waals surface area contributed by atoms with Gasteiger partial charge in [-0.1, -0.05) is 31.2 Å². The van der Waals surface area contributed by atoms with Crippen LogP contribution in [0.3, 0.4) is 0 Å². The predicted molar refractivity (Wildman–Crippen MR) is 110 cm³/mol. The monoisotopic (exact) mass is 420 g/mol. The van der Waals surface area contributed by atoms with E-state index in [0.717, 1.165) is 16.2 Å². The van der Waals surface area contributed by atoms with Gasteiger partial charge in [-0.05, 0) is 35.6 Å². The van der Waals surface area contributed by atoms with E-state index in [2.05, 4.69) is 5.32 Å². The fourth-order valence-electron chi connectivity index (χ4n) is 2.93. The molecule has 1 aliphatic rings. The van der Waals surface area contributed by atoms with E-state index < -0.39 is 10.0 Å². The van der Waals surface area contributed by atoms with Gasteiger partial charge in [0.15, 0.2) is 0 Å². The van der Waals surface area contributed by atoms with Crippen molar-refractivity contribution in [3.05, 3.63) is 59.7 Å². The van der Waals surface area contributed by atoms with Crippen LogP contribution in [-0.2, 0) is 21.3 Å². The van der Waals surface area contributed by atoms with Gasteiger partial charge in [0, 0.05) is 24.5 Å². The molecule has 28 heavy (non-hydrogen) atoms. The van der Waals surface area contributed by atoms with E-state index >= 15 is 0 Å². The van der Waals surface area contributed by atoms with Crippen molar-refractivity contribution in [3.63, 3.8) is 0 Å². The molecule has 0 aliphatic carbocycles. The number of hydrogen-bond acceptors (Lipinski definition) is 5. The Kier molecular flexibility index (Phi) is 7.12. The van der Waals surface area contributed by atoms with Crippen LogP contribution in [0.1, 0.15) is 22.8 Å². The number of thioether (sulfide) groups is 1. The Bertz CT molecular complexity index is 908. The number of nitrogens with one attached hydrogen (secondary N) is 1. The Morgan fingerprint density at radius 1 is 1.11 bits per heavy atom. The maximum absolute atomic E-state index is 12.6. The lowest BCUT2D eigenvalue weighted by molar-refractivity contribution is 0.0730. The third kappa shape index (κ3) is 4.94. The van der Waals surface area contributed by atoms with Gasteiger partial charge >= 0.3 is 0 Å². The first-order valence-electron chi connectivity index (χ1n) is 9.19. The summed E-state index contributed by atoms with van der Waals surface area (Å²) in [5.74, 6) is 0.755. The summed E-state index contributed by atoms with van der Waals surface area (Å²) in [6, 6.07) is 14.2. The van der Waals surface area contributed by atoms with Gasteiger partial charge in [0.05, 0.1) is 23.7 Å². The molecule has 3 rings (SSSR count). The molecule has 6 nitrogen and oxygen atoms in total. The zero-order chi connectivity index (χ0) is 20.0. The summed E-state index contributed by atoms with van der Waals surface area (Å²) in [7, 11) is -3.50. The summed E-state index contributed by atoms with van der Waals surface area (Å²) < 4.78 is 32.0. The van der Waals surface area contributed by atoms with Gasteiger partial charge in [0.25, 0.3) is 5.91 Å². The van der Waals surface area contributed by atoms with E-state index in [0.29, 0.717) is 38.4 Å². The van der Waals surface area contributed by atoms with E-state index in [4.69, 9.17) is 4.74 Å². The number of carbonyl (C=O) groups is 1. The van der Waals surface area contributed by atoms with Gasteiger partial charge < -0.3 is 10.1 Å². The molecular formula is C20H24N2O4S2. The molecule has 0 bridgehead atoms.